The average molecular weight is 533 g/mol. The minimum absolute atomic E-state index is 0.0191. The summed E-state index contributed by atoms with van der Waals surface area (Å²) in [6.45, 7) is 3.88. The van der Waals surface area contributed by atoms with Crippen LogP contribution in [-0.2, 0) is 10.0 Å². The Hall–Kier alpha value is -3.34. The van der Waals surface area contributed by atoms with Crippen molar-refractivity contribution in [3.05, 3.63) is 59.7 Å². The van der Waals surface area contributed by atoms with Gasteiger partial charge in [0.1, 0.15) is 6.61 Å². The minimum atomic E-state index is -4.25. The molecule has 2 heterocycles. The molecule has 5 rings (SSSR count). The van der Waals surface area contributed by atoms with Crippen LogP contribution in [0.3, 0.4) is 0 Å². The lowest BCUT2D eigenvalue weighted by Gasteiger charge is -2.25. The van der Waals surface area contributed by atoms with Crippen molar-refractivity contribution in [3.8, 4) is 17.1 Å². The van der Waals surface area contributed by atoms with Crippen molar-refractivity contribution in [1.29, 1.82) is 0 Å². The van der Waals surface area contributed by atoms with Crippen molar-refractivity contribution in [1.82, 2.24) is 9.97 Å². The number of aryl methyl sites for hydroxylation is 2. The zero-order chi connectivity index (χ0) is 26.4. The lowest BCUT2D eigenvalue weighted by atomic mass is 9.96. The van der Waals surface area contributed by atoms with Crippen molar-refractivity contribution < 1.29 is 26.3 Å². The van der Waals surface area contributed by atoms with E-state index in [9.17, 15) is 21.6 Å². The Morgan fingerprint density at radius 3 is 2.43 bits per heavy atom. The van der Waals surface area contributed by atoms with E-state index in [1.165, 1.54) is 12.1 Å². The Labute approximate surface area is 213 Å². The summed E-state index contributed by atoms with van der Waals surface area (Å²) in [6, 6.07) is 13.0. The fraction of sp³-hybridized carbons (Fsp3) is 0.385. The first-order chi connectivity index (χ1) is 17.5. The van der Waals surface area contributed by atoms with Gasteiger partial charge >= 0.3 is 6.18 Å². The number of nitrogens with one attached hydrogen (secondary N) is 2. The first-order valence-corrected chi connectivity index (χ1v) is 13.5. The molecule has 1 atom stereocenters. The molecular weight excluding hydrogens is 505 g/mol. The molecule has 0 radical (unpaired) electrons. The molecular formula is C26H27F3N4O3S. The normalized spacial score (nSPS) is 19.9. The van der Waals surface area contributed by atoms with Crippen LogP contribution in [0.15, 0.2) is 53.4 Å². The molecule has 0 spiro atoms. The lowest BCUT2D eigenvalue weighted by Crippen LogP contribution is -2.32. The zero-order valence-electron chi connectivity index (χ0n) is 20.4. The Balaban J connectivity index is 1.53. The summed E-state index contributed by atoms with van der Waals surface area (Å²) < 4.78 is 75.3. The number of halogens is 3. The summed E-state index contributed by atoms with van der Waals surface area (Å²) >= 11 is 0. The first-order valence-electron chi connectivity index (χ1n) is 12.0. The van der Waals surface area contributed by atoms with Gasteiger partial charge < -0.3 is 10.1 Å². The van der Waals surface area contributed by atoms with Crippen molar-refractivity contribution in [2.45, 2.75) is 56.6 Å². The van der Waals surface area contributed by atoms with Gasteiger partial charge in [0.15, 0.2) is 0 Å². The number of sulfonamides is 1. The second-order valence-corrected chi connectivity index (χ2v) is 11.5. The zero-order valence-corrected chi connectivity index (χ0v) is 21.2. The highest BCUT2D eigenvalue weighted by Crippen LogP contribution is 2.60. The molecule has 2 N–H and O–H groups in total. The third-order valence-corrected chi connectivity index (χ3v) is 8.37. The van der Waals surface area contributed by atoms with E-state index in [1.54, 1.807) is 18.2 Å². The van der Waals surface area contributed by atoms with Gasteiger partial charge in [-0.3, -0.25) is 0 Å². The van der Waals surface area contributed by atoms with Crippen LogP contribution in [0.4, 0.5) is 24.8 Å². The lowest BCUT2D eigenvalue weighted by molar-refractivity contribution is -0.189. The standard InChI is InChI=1S/C26H27F3N4O3S/c1-16-5-3-6-17(2)23(16)21-14-22-32-24(31-21)33-37(34,35)20-8-4-7-18(13-20)30-19(15-36-22)9-10-25(11-12-25)26(27,28)29/h3-8,13-14,19,30H,9-12,15H2,1-2H3,(H,31,32,33). The second-order valence-electron chi connectivity index (χ2n) is 9.78. The maximum atomic E-state index is 13.5. The number of nitrogens with zero attached hydrogens (tertiary/aromatic N) is 2. The molecule has 1 saturated carbocycles. The van der Waals surface area contributed by atoms with Gasteiger partial charge in [0.25, 0.3) is 10.0 Å². The van der Waals surface area contributed by atoms with Crippen LogP contribution in [0.2, 0.25) is 0 Å². The van der Waals surface area contributed by atoms with Crippen LogP contribution < -0.4 is 14.8 Å². The fourth-order valence-corrected chi connectivity index (χ4v) is 5.71. The summed E-state index contributed by atoms with van der Waals surface area (Å²) in [5.41, 5.74) is 1.99. The maximum absolute atomic E-state index is 13.5. The Bertz CT molecular complexity index is 1420. The monoisotopic (exact) mass is 532 g/mol. The number of benzene rings is 2. The molecule has 1 aromatic heterocycles. The van der Waals surface area contributed by atoms with Gasteiger partial charge in [0.2, 0.25) is 11.8 Å². The molecule has 196 valence electrons. The third-order valence-electron chi connectivity index (χ3n) is 7.04. The molecule has 2 aliphatic rings. The highest BCUT2D eigenvalue weighted by atomic mass is 32.2. The molecule has 0 saturated heterocycles. The van der Waals surface area contributed by atoms with Gasteiger partial charge in [-0.15, -0.1) is 0 Å². The van der Waals surface area contributed by atoms with E-state index in [-0.39, 0.29) is 49.0 Å². The van der Waals surface area contributed by atoms with Gasteiger partial charge in [-0.2, -0.15) is 18.2 Å². The van der Waals surface area contributed by atoms with Gasteiger partial charge in [0, 0.05) is 17.3 Å². The number of ether oxygens (including phenoxy) is 1. The molecule has 1 aliphatic carbocycles. The second kappa shape index (κ2) is 9.20. The highest BCUT2D eigenvalue weighted by molar-refractivity contribution is 7.92. The molecule has 37 heavy (non-hydrogen) atoms. The van der Waals surface area contributed by atoms with Crippen molar-refractivity contribution in [2.24, 2.45) is 5.41 Å². The number of alkyl halides is 3. The average Bonchev–Trinajstić information content (AvgIpc) is 3.62. The van der Waals surface area contributed by atoms with Gasteiger partial charge in [-0.25, -0.2) is 18.1 Å². The Kier molecular flexibility index (Phi) is 6.29. The van der Waals surface area contributed by atoms with Crippen molar-refractivity contribution in [3.63, 3.8) is 0 Å². The van der Waals surface area contributed by atoms with Gasteiger partial charge in [-0.1, -0.05) is 24.3 Å². The SMILES string of the molecule is Cc1cccc(C)c1-c1cc2nc(n1)NS(=O)(=O)c1cccc(c1)NC(CCC1(C(F)(F)F)CC1)CO2. The number of aromatic nitrogens is 2. The molecule has 7 nitrogen and oxygen atoms in total. The quantitative estimate of drug-likeness (QED) is 0.438. The summed E-state index contributed by atoms with van der Waals surface area (Å²) in [6.07, 6.45) is -3.85. The summed E-state index contributed by atoms with van der Waals surface area (Å²) in [5.74, 6) is -0.0296. The molecule has 2 aromatic carbocycles. The van der Waals surface area contributed by atoms with E-state index in [4.69, 9.17) is 4.74 Å². The van der Waals surface area contributed by atoms with Crippen molar-refractivity contribution in [2.75, 3.05) is 16.6 Å². The molecule has 1 unspecified atom stereocenters. The van der Waals surface area contributed by atoms with Gasteiger partial charge in [0.05, 0.1) is 22.0 Å². The summed E-state index contributed by atoms with van der Waals surface area (Å²) in [7, 11) is -4.05. The molecule has 4 bridgehead atoms. The fourth-order valence-electron chi connectivity index (χ4n) is 4.72. The first kappa shape index (κ1) is 25.3. The van der Waals surface area contributed by atoms with Crippen LogP contribution in [0.5, 0.6) is 5.88 Å². The van der Waals surface area contributed by atoms with E-state index in [0.29, 0.717) is 11.4 Å². The smallest absolute Gasteiger partial charge is 0.394 e. The number of rotatable bonds is 4. The van der Waals surface area contributed by atoms with Crippen molar-refractivity contribution >= 4 is 21.7 Å². The largest absolute Gasteiger partial charge is 0.475 e. The molecule has 1 fully saturated rings. The number of hydrogen-bond acceptors (Lipinski definition) is 6. The number of fused-ring (bicyclic) bond motifs is 4. The predicted molar refractivity (Wildman–Crippen MR) is 134 cm³/mol. The Morgan fingerprint density at radius 1 is 1.05 bits per heavy atom. The van der Waals surface area contributed by atoms with Crippen LogP contribution >= 0.6 is 0 Å². The predicted octanol–water partition coefficient (Wildman–Crippen LogP) is 5.86. The third kappa shape index (κ3) is 5.22. The Morgan fingerprint density at radius 2 is 1.76 bits per heavy atom. The number of hydrogen-bond donors (Lipinski definition) is 2. The molecule has 0 amide bonds. The highest BCUT2D eigenvalue weighted by Gasteiger charge is 2.62. The van der Waals surface area contributed by atoms with Crippen LogP contribution in [-0.4, -0.2) is 37.2 Å². The van der Waals surface area contributed by atoms with Crippen LogP contribution in [0, 0.1) is 19.3 Å². The topological polar surface area (TPSA) is 93.2 Å². The molecule has 11 heteroatoms. The van der Waals surface area contributed by atoms with E-state index >= 15 is 0 Å². The molecule has 1 aliphatic heterocycles. The minimum Gasteiger partial charge on any atom is -0.475 e. The summed E-state index contributed by atoms with van der Waals surface area (Å²) in [5, 5.41) is 3.17. The maximum Gasteiger partial charge on any atom is 0.394 e. The van der Waals surface area contributed by atoms with E-state index in [0.717, 1.165) is 16.7 Å². The van der Waals surface area contributed by atoms with E-state index in [1.807, 2.05) is 32.0 Å². The summed E-state index contributed by atoms with van der Waals surface area (Å²) in [4.78, 5) is 8.69. The molecule has 3 aromatic rings. The van der Waals surface area contributed by atoms with E-state index < -0.39 is 27.7 Å². The number of anilines is 2. The van der Waals surface area contributed by atoms with E-state index in [2.05, 4.69) is 20.0 Å². The van der Waals surface area contributed by atoms with Crippen LogP contribution in [0.25, 0.3) is 11.3 Å². The van der Waals surface area contributed by atoms with Gasteiger partial charge in [-0.05, 0) is 68.9 Å². The van der Waals surface area contributed by atoms with Crippen LogP contribution in [0.1, 0.15) is 36.8 Å².